The molecule has 0 aromatic heterocycles. The lowest BCUT2D eigenvalue weighted by Crippen LogP contribution is -2.11. The van der Waals surface area contributed by atoms with Crippen LogP contribution in [0.15, 0.2) is 66.7 Å². The third kappa shape index (κ3) is 4.82. The summed E-state index contributed by atoms with van der Waals surface area (Å²) in [6.45, 7) is 0.100. The van der Waals surface area contributed by atoms with Crippen molar-refractivity contribution in [3.8, 4) is 11.5 Å². The average Bonchev–Trinajstić information content (AvgIpc) is 2.68. The van der Waals surface area contributed by atoms with E-state index in [1.165, 1.54) is 6.07 Å². The highest BCUT2D eigenvalue weighted by Crippen LogP contribution is 2.20. The molecule has 0 unspecified atom stereocenters. The number of halogens is 2. The van der Waals surface area contributed by atoms with E-state index < -0.39 is 11.6 Å². The Morgan fingerprint density at radius 3 is 2.30 bits per heavy atom. The number of methoxy groups -OCH3 is 1. The number of benzene rings is 3. The van der Waals surface area contributed by atoms with Gasteiger partial charge >= 0.3 is 0 Å². The lowest BCUT2D eigenvalue weighted by atomic mass is 10.1. The standard InChI is InChI=1S/C21H17F2NO3/c1-26-18-9-7-17(8-10-18)24-21(25)15-4-2-14(3-5-15)13-27-20-11-6-16(22)12-19(20)23/h2-12H,13H2,1H3,(H,24,25). The van der Waals surface area contributed by atoms with E-state index in [1.807, 2.05) is 0 Å². The molecule has 1 amide bonds. The molecule has 0 aliphatic rings. The molecule has 27 heavy (non-hydrogen) atoms. The second kappa shape index (κ2) is 8.31. The minimum atomic E-state index is -0.759. The van der Waals surface area contributed by atoms with Crippen LogP contribution >= 0.6 is 0 Å². The molecule has 4 nitrogen and oxygen atoms in total. The second-order valence-electron chi connectivity index (χ2n) is 5.74. The van der Waals surface area contributed by atoms with Gasteiger partial charge in [-0.2, -0.15) is 0 Å². The summed E-state index contributed by atoms with van der Waals surface area (Å²) in [6, 6.07) is 16.9. The molecular formula is C21H17F2NO3. The van der Waals surface area contributed by atoms with Crippen LogP contribution in [0.4, 0.5) is 14.5 Å². The number of ether oxygens (including phenoxy) is 2. The van der Waals surface area contributed by atoms with Gasteiger partial charge in [-0.1, -0.05) is 12.1 Å². The number of rotatable bonds is 6. The molecule has 0 radical (unpaired) electrons. The molecule has 0 spiro atoms. The third-order valence-electron chi connectivity index (χ3n) is 3.85. The highest BCUT2D eigenvalue weighted by atomic mass is 19.1. The Morgan fingerprint density at radius 1 is 0.963 bits per heavy atom. The fourth-order valence-electron chi connectivity index (χ4n) is 2.38. The normalized spacial score (nSPS) is 10.3. The maximum Gasteiger partial charge on any atom is 0.255 e. The van der Waals surface area contributed by atoms with E-state index in [1.54, 1.807) is 55.6 Å². The van der Waals surface area contributed by atoms with Gasteiger partial charge < -0.3 is 14.8 Å². The van der Waals surface area contributed by atoms with Gasteiger partial charge in [0.15, 0.2) is 11.6 Å². The first-order valence-corrected chi connectivity index (χ1v) is 8.17. The first-order chi connectivity index (χ1) is 13.0. The van der Waals surface area contributed by atoms with Crippen LogP contribution < -0.4 is 14.8 Å². The summed E-state index contributed by atoms with van der Waals surface area (Å²) in [6.07, 6.45) is 0. The predicted molar refractivity (Wildman–Crippen MR) is 98.1 cm³/mol. The van der Waals surface area contributed by atoms with E-state index in [0.717, 1.165) is 17.7 Å². The van der Waals surface area contributed by atoms with Crippen LogP contribution in [-0.4, -0.2) is 13.0 Å². The number of hydrogen-bond acceptors (Lipinski definition) is 3. The zero-order valence-corrected chi connectivity index (χ0v) is 14.5. The van der Waals surface area contributed by atoms with E-state index in [-0.39, 0.29) is 18.3 Å². The molecule has 6 heteroatoms. The summed E-state index contributed by atoms with van der Waals surface area (Å²) >= 11 is 0. The lowest BCUT2D eigenvalue weighted by molar-refractivity contribution is 0.102. The van der Waals surface area contributed by atoms with Crippen LogP contribution in [0.25, 0.3) is 0 Å². The average molecular weight is 369 g/mol. The molecule has 0 saturated heterocycles. The fourth-order valence-corrected chi connectivity index (χ4v) is 2.38. The van der Waals surface area contributed by atoms with E-state index >= 15 is 0 Å². The molecule has 3 aromatic rings. The van der Waals surface area contributed by atoms with Crippen molar-refractivity contribution in [1.82, 2.24) is 0 Å². The molecule has 1 N–H and O–H groups in total. The molecule has 0 atom stereocenters. The SMILES string of the molecule is COc1ccc(NC(=O)c2ccc(COc3ccc(F)cc3F)cc2)cc1. The Bertz CT molecular complexity index is 925. The van der Waals surface area contributed by atoms with Crippen molar-refractivity contribution in [1.29, 1.82) is 0 Å². The molecule has 3 rings (SSSR count). The zero-order chi connectivity index (χ0) is 19.2. The Hall–Kier alpha value is -3.41. The first-order valence-electron chi connectivity index (χ1n) is 8.17. The van der Waals surface area contributed by atoms with Crippen LogP contribution in [0.5, 0.6) is 11.5 Å². The monoisotopic (exact) mass is 369 g/mol. The zero-order valence-electron chi connectivity index (χ0n) is 14.5. The van der Waals surface area contributed by atoms with E-state index in [2.05, 4.69) is 5.32 Å². The minimum Gasteiger partial charge on any atom is -0.497 e. The van der Waals surface area contributed by atoms with Gasteiger partial charge in [-0.3, -0.25) is 4.79 Å². The summed E-state index contributed by atoms with van der Waals surface area (Å²) in [5.74, 6) is -0.998. The number of nitrogens with one attached hydrogen (secondary N) is 1. The predicted octanol–water partition coefficient (Wildman–Crippen LogP) is 4.80. The van der Waals surface area contributed by atoms with Crippen molar-refractivity contribution in [3.63, 3.8) is 0 Å². The van der Waals surface area contributed by atoms with Crippen LogP contribution in [0.3, 0.4) is 0 Å². The molecule has 0 heterocycles. The van der Waals surface area contributed by atoms with Gasteiger partial charge in [-0.25, -0.2) is 8.78 Å². The molecule has 0 fully saturated rings. The smallest absolute Gasteiger partial charge is 0.255 e. The third-order valence-corrected chi connectivity index (χ3v) is 3.85. The van der Waals surface area contributed by atoms with Gasteiger partial charge in [-0.05, 0) is 54.1 Å². The van der Waals surface area contributed by atoms with Crippen LogP contribution in [0, 0.1) is 11.6 Å². The van der Waals surface area contributed by atoms with E-state index in [0.29, 0.717) is 17.0 Å². The number of carbonyl (C=O) groups is 1. The molecule has 0 bridgehead atoms. The van der Waals surface area contributed by atoms with Gasteiger partial charge in [0, 0.05) is 17.3 Å². The van der Waals surface area contributed by atoms with Gasteiger partial charge in [0.2, 0.25) is 0 Å². The summed E-state index contributed by atoms with van der Waals surface area (Å²) in [5, 5.41) is 2.79. The number of hydrogen-bond donors (Lipinski definition) is 1. The molecule has 0 aliphatic carbocycles. The highest BCUT2D eigenvalue weighted by Gasteiger charge is 2.08. The second-order valence-corrected chi connectivity index (χ2v) is 5.74. The van der Waals surface area contributed by atoms with Crippen LogP contribution in [0.1, 0.15) is 15.9 Å². The molecule has 138 valence electrons. The van der Waals surface area contributed by atoms with Crippen molar-refractivity contribution in [2.45, 2.75) is 6.61 Å². The van der Waals surface area contributed by atoms with Crippen molar-refractivity contribution in [2.75, 3.05) is 12.4 Å². The molecule has 3 aromatic carbocycles. The highest BCUT2D eigenvalue weighted by molar-refractivity contribution is 6.04. The Morgan fingerprint density at radius 2 is 1.67 bits per heavy atom. The minimum absolute atomic E-state index is 0.0299. The van der Waals surface area contributed by atoms with E-state index in [9.17, 15) is 13.6 Å². The van der Waals surface area contributed by atoms with Gasteiger partial charge in [0.1, 0.15) is 18.2 Å². The van der Waals surface area contributed by atoms with Crippen molar-refractivity contribution in [3.05, 3.63) is 89.5 Å². The summed E-state index contributed by atoms with van der Waals surface area (Å²) < 4.78 is 36.9. The topological polar surface area (TPSA) is 47.6 Å². The van der Waals surface area contributed by atoms with Crippen molar-refractivity contribution >= 4 is 11.6 Å². The van der Waals surface area contributed by atoms with E-state index in [4.69, 9.17) is 9.47 Å². The Balaban J connectivity index is 1.59. The van der Waals surface area contributed by atoms with Gasteiger partial charge in [0.05, 0.1) is 7.11 Å². The quantitative estimate of drug-likeness (QED) is 0.679. The Labute approximate surface area is 155 Å². The van der Waals surface area contributed by atoms with Crippen LogP contribution in [0.2, 0.25) is 0 Å². The van der Waals surface area contributed by atoms with Gasteiger partial charge in [0.25, 0.3) is 5.91 Å². The number of amides is 1. The largest absolute Gasteiger partial charge is 0.497 e. The molecule has 0 aliphatic heterocycles. The maximum absolute atomic E-state index is 13.6. The van der Waals surface area contributed by atoms with Crippen LogP contribution in [-0.2, 0) is 6.61 Å². The van der Waals surface area contributed by atoms with Crippen molar-refractivity contribution < 1.29 is 23.0 Å². The number of anilines is 1. The summed E-state index contributed by atoms with van der Waals surface area (Å²) in [4.78, 5) is 12.3. The van der Waals surface area contributed by atoms with Gasteiger partial charge in [-0.15, -0.1) is 0 Å². The number of carbonyl (C=O) groups excluding carboxylic acids is 1. The molecular weight excluding hydrogens is 352 g/mol. The first kappa shape index (κ1) is 18.4. The molecule has 0 saturated carbocycles. The Kier molecular flexibility index (Phi) is 5.66. The van der Waals surface area contributed by atoms with Crippen molar-refractivity contribution in [2.24, 2.45) is 0 Å². The maximum atomic E-state index is 13.6. The summed E-state index contributed by atoms with van der Waals surface area (Å²) in [7, 11) is 1.57. The summed E-state index contributed by atoms with van der Waals surface area (Å²) in [5.41, 5.74) is 1.88. The lowest BCUT2D eigenvalue weighted by Gasteiger charge is -2.09. The fraction of sp³-hybridized carbons (Fsp3) is 0.0952.